The molecule has 2 aromatic carbocycles. The molecule has 0 saturated carbocycles. The summed E-state index contributed by atoms with van der Waals surface area (Å²) < 4.78 is 33.7. The number of hydrogen-bond donors (Lipinski definition) is 2. The Morgan fingerprint density at radius 2 is 1.71 bits per heavy atom. The molecule has 2 fully saturated rings. The number of rotatable bonds is 5. The second-order valence-corrected chi connectivity index (χ2v) is 11.2. The molecular weight excluding hydrogens is 468 g/mol. The van der Waals surface area contributed by atoms with E-state index in [0.29, 0.717) is 35.8 Å². The molecule has 186 valence electrons. The van der Waals surface area contributed by atoms with Crippen molar-refractivity contribution < 1.29 is 22.7 Å². The number of amides is 2. The van der Waals surface area contributed by atoms with Crippen molar-refractivity contribution >= 4 is 38.9 Å². The van der Waals surface area contributed by atoms with Crippen LogP contribution in [0.4, 0.5) is 17.1 Å². The third-order valence-electron chi connectivity index (χ3n) is 6.78. The van der Waals surface area contributed by atoms with Crippen molar-refractivity contribution in [3.8, 4) is 5.75 Å². The van der Waals surface area contributed by atoms with E-state index in [1.54, 1.807) is 37.3 Å². The van der Waals surface area contributed by atoms with E-state index >= 15 is 0 Å². The van der Waals surface area contributed by atoms with Gasteiger partial charge in [-0.1, -0.05) is 6.42 Å². The van der Waals surface area contributed by atoms with Crippen LogP contribution in [0, 0.1) is 0 Å². The molecule has 3 aliphatic heterocycles. The molecule has 0 radical (unpaired) electrons. The summed E-state index contributed by atoms with van der Waals surface area (Å²) in [6.07, 6.45) is 4.18. The molecule has 5 rings (SSSR count). The van der Waals surface area contributed by atoms with Crippen LogP contribution in [0.3, 0.4) is 0 Å². The monoisotopic (exact) mass is 498 g/mol. The Labute approximate surface area is 205 Å². The molecule has 0 unspecified atom stereocenters. The largest absolute Gasteiger partial charge is 0.479 e. The number of carbonyl (C=O) groups excluding carboxylic acids is 2. The molecule has 10 heteroatoms. The topological polar surface area (TPSA) is 108 Å². The fourth-order valence-electron chi connectivity index (χ4n) is 4.83. The second-order valence-electron chi connectivity index (χ2n) is 9.25. The van der Waals surface area contributed by atoms with Gasteiger partial charge in [0.2, 0.25) is 10.0 Å². The van der Waals surface area contributed by atoms with Gasteiger partial charge < -0.3 is 20.3 Å². The molecule has 0 bridgehead atoms. The Hall–Kier alpha value is -3.11. The van der Waals surface area contributed by atoms with Crippen molar-refractivity contribution in [1.29, 1.82) is 0 Å². The standard InChI is InChI=1S/C25H30N4O5S/c1-17-24(30)27-21-15-18(7-10-23(21)34-17)26-25(31)20-16-19(8-9-22(20)28-11-5-6-12-28)35(32,33)29-13-3-2-4-14-29/h7-10,15-17H,2-6,11-14H2,1H3,(H,26,31)(H,27,30)/t17-/m1/s1. The predicted molar refractivity (Wildman–Crippen MR) is 134 cm³/mol. The van der Waals surface area contributed by atoms with Crippen LogP contribution < -0.4 is 20.3 Å². The summed E-state index contributed by atoms with van der Waals surface area (Å²) in [4.78, 5) is 27.7. The number of sulfonamides is 1. The molecule has 2 saturated heterocycles. The van der Waals surface area contributed by atoms with Crippen molar-refractivity contribution in [2.75, 3.05) is 41.7 Å². The van der Waals surface area contributed by atoms with Crippen molar-refractivity contribution in [1.82, 2.24) is 4.31 Å². The molecule has 9 nitrogen and oxygen atoms in total. The van der Waals surface area contributed by atoms with E-state index in [0.717, 1.165) is 50.9 Å². The Morgan fingerprint density at radius 3 is 2.46 bits per heavy atom. The van der Waals surface area contributed by atoms with E-state index in [1.807, 2.05) is 0 Å². The van der Waals surface area contributed by atoms with Crippen LogP contribution in [0.5, 0.6) is 5.75 Å². The first-order valence-corrected chi connectivity index (χ1v) is 13.6. The number of benzene rings is 2. The zero-order chi connectivity index (χ0) is 24.6. The first-order valence-electron chi connectivity index (χ1n) is 12.1. The van der Waals surface area contributed by atoms with Gasteiger partial charge in [0, 0.05) is 37.6 Å². The molecule has 2 amide bonds. The highest BCUT2D eigenvalue weighted by molar-refractivity contribution is 7.89. The minimum absolute atomic E-state index is 0.132. The van der Waals surface area contributed by atoms with Gasteiger partial charge in [0.1, 0.15) is 5.75 Å². The third-order valence-corrected chi connectivity index (χ3v) is 8.68. The van der Waals surface area contributed by atoms with Crippen LogP contribution in [0.15, 0.2) is 41.3 Å². The average molecular weight is 499 g/mol. The molecule has 2 aromatic rings. The van der Waals surface area contributed by atoms with E-state index in [9.17, 15) is 18.0 Å². The van der Waals surface area contributed by atoms with Crippen molar-refractivity contribution in [3.05, 3.63) is 42.0 Å². The van der Waals surface area contributed by atoms with Gasteiger partial charge in [0.15, 0.2) is 6.10 Å². The Bertz CT molecular complexity index is 1250. The van der Waals surface area contributed by atoms with Gasteiger partial charge in [-0.25, -0.2) is 8.42 Å². The van der Waals surface area contributed by atoms with Gasteiger partial charge in [-0.15, -0.1) is 0 Å². The molecule has 0 aliphatic carbocycles. The van der Waals surface area contributed by atoms with Gasteiger partial charge in [0.25, 0.3) is 11.8 Å². The molecule has 2 N–H and O–H groups in total. The summed E-state index contributed by atoms with van der Waals surface area (Å²) >= 11 is 0. The highest BCUT2D eigenvalue weighted by Gasteiger charge is 2.29. The number of piperidine rings is 1. The molecule has 3 heterocycles. The van der Waals surface area contributed by atoms with E-state index in [4.69, 9.17) is 4.74 Å². The number of ether oxygens (including phenoxy) is 1. The maximum Gasteiger partial charge on any atom is 0.265 e. The Kier molecular flexibility index (Phi) is 6.41. The molecule has 3 aliphatic rings. The average Bonchev–Trinajstić information content (AvgIpc) is 3.40. The summed E-state index contributed by atoms with van der Waals surface area (Å²) in [5.74, 6) is -0.130. The number of carbonyl (C=O) groups is 2. The first kappa shape index (κ1) is 23.6. The summed E-state index contributed by atoms with van der Waals surface area (Å²) in [6, 6.07) is 9.89. The maximum absolute atomic E-state index is 13.5. The first-order chi connectivity index (χ1) is 16.8. The van der Waals surface area contributed by atoms with Gasteiger partial charge in [-0.2, -0.15) is 4.31 Å². The molecule has 0 spiro atoms. The minimum atomic E-state index is -3.68. The molecule has 1 atom stereocenters. The second kappa shape index (κ2) is 9.50. The van der Waals surface area contributed by atoms with Gasteiger partial charge >= 0.3 is 0 Å². The highest BCUT2D eigenvalue weighted by Crippen LogP contribution is 2.34. The van der Waals surface area contributed by atoms with E-state index in [2.05, 4.69) is 15.5 Å². The summed E-state index contributed by atoms with van der Waals surface area (Å²) in [5, 5.41) is 5.65. The molecular formula is C25H30N4O5S. The lowest BCUT2D eigenvalue weighted by Gasteiger charge is -2.27. The zero-order valence-corrected chi connectivity index (χ0v) is 20.6. The SMILES string of the molecule is C[C@H]1Oc2ccc(NC(=O)c3cc(S(=O)(=O)N4CCCCC4)ccc3N3CCCC3)cc2NC1=O. The van der Waals surface area contributed by atoms with Crippen molar-refractivity contribution in [2.24, 2.45) is 0 Å². The molecule has 35 heavy (non-hydrogen) atoms. The lowest BCUT2D eigenvalue weighted by Crippen LogP contribution is -2.35. The quantitative estimate of drug-likeness (QED) is 0.654. The number of hydrogen-bond acceptors (Lipinski definition) is 6. The maximum atomic E-state index is 13.5. The fraction of sp³-hybridized carbons (Fsp3) is 0.440. The lowest BCUT2D eigenvalue weighted by molar-refractivity contribution is -0.122. The summed E-state index contributed by atoms with van der Waals surface area (Å²) in [7, 11) is -3.68. The Morgan fingerprint density at radius 1 is 1.00 bits per heavy atom. The number of nitrogens with zero attached hydrogens (tertiary/aromatic N) is 2. The molecule has 0 aromatic heterocycles. The van der Waals surface area contributed by atoms with Gasteiger partial charge in [-0.05, 0) is 69.0 Å². The van der Waals surface area contributed by atoms with E-state index in [1.165, 1.54) is 10.4 Å². The fourth-order valence-corrected chi connectivity index (χ4v) is 6.37. The minimum Gasteiger partial charge on any atom is -0.479 e. The van der Waals surface area contributed by atoms with Crippen LogP contribution in [0.25, 0.3) is 0 Å². The van der Waals surface area contributed by atoms with Crippen LogP contribution >= 0.6 is 0 Å². The summed E-state index contributed by atoms with van der Waals surface area (Å²) in [5.41, 5.74) is 1.99. The van der Waals surface area contributed by atoms with Gasteiger partial charge in [0.05, 0.1) is 16.1 Å². The van der Waals surface area contributed by atoms with E-state index < -0.39 is 22.0 Å². The highest BCUT2D eigenvalue weighted by atomic mass is 32.2. The van der Waals surface area contributed by atoms with Gasteiger partial charge in [-0.3, -0.25) is 9.59 Å². The predicted octanol–water partition coefficient (Wildman–Crippen LogP) is 3.43. The third kappa shape index (κ3) is 4.72. The Balaban J connectivity index is 1.46. The number of anilines is 3. The smallest absolute Gasteiger partial charge is 0.265 e. The summed E-state index contributed by atoms with van der Waals surface area (Å²) in [6.45, 7) is 4.30. The van der Waals surface area contributed by atoms with Crippen LogP contribution in [-0.4, -0.2) is 56.8 Å². The zero-order valence-electron chi connectivity index (χ0n) is 19.7. The number of fused-ring (bicyclic) bond motifs is 1. The van der Waals surface area contributed by atoms with Crippen LogP contribution in [-0.2, 0) is 14.8 Å². The normalized spacial score (nSPS) is 20.7. The number of nitrogens with one attached hydrogen (secondary N) is 2. The van der Waals surface area contributed by atoms with Crippen LogP contribution in [0.1, 0.15) is 49.4 Å². The van der Waals surface area contributed by atoms with Crippen LogP contribution in [0.2, 0.25) is 0 Å². The van der Waals surface area contributed by atoms with E-state index in [-0.39, 0.29) is 10.8 Å². The van der Waals surface area contributed by atoms with Crippen molar-refractivity contribution in [3.63, 3.8) is 0 Å². The van der Waals surface area contributed by atoms with Crippen molar-refractivity contribution in [2.45, 2.75) is 50.0 Å². The lowest BCUT2D eigenvalue weighted by atomic mass is 10.1.